The van der Waals surface area contributed by atoms with Crippen LogP contribution >= 0.6 is 0 Å². The van der Waals surface area contributed by atoms with Crippen LogP contribution in [0.4, 0.5) is 0 Å². The highest BCUT2D eigenvalue weighted by Crippen LogP contribution is 2.13. The van der Waals surface area contributed by atoms with E-state index in [4.69, 9.17) is 56.8 Å². The number of unbranched alkanes of at least 4 members (excludes halogenated alkanes) is 12. The van der Waals surface area contributed by atoms with Gasteiger partial charge in [0.2, 0.25) is 0 Å². The van der Waals surface area contributed by atoms with E-state index in [1.54, 1.807) is 0 Å². The molecule has 0 aromatic carbocycles. The maximum atomic E-state index is 11.9. The molecule has 0 saturated carbocycles. The summed E-state index contributed by atoms with van der Waals surface area (Å²) in [7, 11) is 0. The van der Waals surface area contributed by atoms with Gasteiger partial charge in [-0.05, 0) is 6.42 Å². The summed E-state index contributed by atoms with van der Waals surface area (Å²) in [6, 6.07) is 0. The lowest BCUT2D eigenvalue weighted by molar-refractivity contribution is -0.145. The SMILES string of the molecule is CCCCCCCCCCCCCCCC(=O)OCCOCCOCCOCCOCCOCCOCCOCCOCCOCCOCCOC(C)=O. The first-order valence-corrected chi connectivity index (χ1v) is 20.7. The highest BCUT2D eigenvalue weighted by molar-refractivity contribution is 5.69. The largest absolute Gasteiger partial charge is 0.463 e. The first-order valence-electron chi connectivity index (χ1n) is 20.7. The molecule has 14 heteroatoms. The zero-order chi connectivity index (χ0) is 39.1. The Balaban J connectivity index is 3.12. The van der Waals surface area contributed by atoms with E-state index in [1.165, 1.54) is 77.6 Å². The Morgan fingerprint density at radius 2 is 0.519 bits per heavy atom. The van der Waals surface area contributed by atoms with E-state index in [0.717, 1.165) is 12.8 Å². The smallest absolute Gasteiger partial charge is 0.305 e. The molecule has 0 saturated heterocycles. The molecule has 0 aromatic rings. The van der Waals surface area contributed by atoms with Crippen LogP contribution in [0.25, 0.3) is 0 Å². The Bertz CT molecular complexity index is 745. The monoisotopic (exact) mass is 783 g/mol. The lowest BCUT2D eigenvalue weighted by Gasteiger charge is -2.09. The molecule has 0 N–H and O–H groups in total. The van der Waals surface area contributed by atoms with Crippen molar-refractivity contribution in [3.8, 4) is 0 Å². The highest BCUT2D eigenvalue weighted by Gasteiger charge is 2.03. The number of hydrogen-bond donors (Lipinski definition) is 0. The second-order valence-corrected chi connectivity index (χ2v) is 12.7. The summed E-state index contributed by atoms with van der Waals surface area (Å²) >= 11 is 0. The van der Waals surface area contributed by atoms with Gasteiger partial charge >= 0.3 is 11.9 Å². The summed E-state index contributed by atoms with van der Waals surface area (Å²) in [4.78, 5) is 22.5. The van der Waals surface area contributed by atoms with E-state index < -0.39 is 0 Å². The van der Waals surface area contributed by atoms with Gasteiger partial charge in [-0.25, -0.2) is 0 Å². The molecule has 0 fully saturated rings. The Labute approximate surface area is 327 Å². The van der Waals surface area contributed by atoms with Gasteiger partial charge in [-0.3, -0.25) is 9.59 Å². The van der Waals surface area contributed by atoms with E-state index >= 15 is 0 Å². The minimum Gasteiger partial charge on any atom is -0.463 e. The van der Waals surface area contributed by atoms with Gasteiger partial charge in [0.05, 0.1) is 132 Å². The van der Waals surface area contributed by atoms with Crippen molar-refractivity contribution in [2.45, 2.75) is 104 Å². The first-order chi connectivity index (χ1) is 26.7. The van der Waals surface area contributed by atoms with Gasteiger partial charge in [-0.1, -0.05) is 84.0 Å². The molecule has 14 nitrogen and oxygen atoms in total. The van der Waals surface area contributed by atoms with E-state index in [9.17, 15) is 9.59 Å². The molecule has 322 valence electrons. The van der Waals surface area contributed by atoms with Gasteiger partial charge in [0.1, 0.15) is 13.2 Å². The summed E-state index contributed by atoms with van der Waals surface area (Å²) in [5.74, 6) is -0.448. The molecule has 0 atom stereocenters. The van der Waals surface area contributed by atoms with Gasteiger partial charge < -0.3 is 56.8 Å². The second-order valence-electron chi connectivity index (χ2n) is 12.7. The van der Waals surface area contributed by atoms with Crippen molar-refractivity contribution < 1.29 is 66.4 Å². The van der Waals surface area contributed by atoms with Crippen molar-refractivity contribution in [3.63, 3.8) is 0 Å². The fourth-order valence-corrected chi connectivity index (χ4v) is 4.90. The maximum absolute atomic E-state index is 11.9. The minimum atomic E-state index is -0.313. The fraction of sp³-hybridized carbons (Fsp3) is 0.950. The summed E-state index contributed by atoms with van der Waals surface area (Å²) in [5.41, 5.74) is 0. The molecule has 0 aromatic heterocycles. The molecular formula is C40H78O14. The lowest BCUT2D eigenvalue weighted by atomic mass is 10.0. The number of hydrogen-bond acceptors (Lipinski definition) is 14. The molecule has 0 aliphatic rings. The summed E-state index contributed by atoms with van der Waals surface area (Å²) < 4.78 is 64.5. The molecule has 0 spiro atoms. The third kappa shape index (κ3) is 48.6. The van der Waals surface area contributed by atoms with Crippen molar-refractivity contribution >= 4 is 11.9 Å². The number of esters is 2. The number of carbonyl (C=O) groups is 2. The predicted molar refractivity (Wildman–Crippen MR) is 206 cm³/mol. The zero-order valence-corrected chi connectivity index (χ0v) is 34.2. The summed E-state index contributed by atoms with van der Waals surface area (Å²) in [6.45, 7) is 13.6. The second kappa shape index (κ2) is 47.7. The van der Waals surface area contributed by atoms with Crippen LogP contribution in [-0.4, -0.2) is 157 Å². The molecule has 0 rings (SSSR count). The molecule has 0 radical (unpaired) electrons. The molecular weight excluding hydrogens is 704 g/mol. The van der Waals surface area contributed by atoms with Gasteiger partial charge in [0.25, 0.3) is 0 Å². The molecule has 0 heterocycles. The van der Waals surface area contributed by atoms with Crippen molar-refractivity contribution in [2.75, 3.05) is 145 Å². The Kier molecular flexibility index (Phi) is 46.4. The van der Waals surface area contributed by atoms with Crippen LogP contribution in [0.15, 0.2) is 0 Å². The average Bonchev–Trinajstić information content (AvgIpc) is 3.16. The fourth-order valence-electron chi connectivity index (χ4n) is 4.90. The summed E-state index contributed by atoms with van der Waals surface area (Å²) in [6.07, 6.45) is 17.3. The van der Waals surface area contributed by atoms with Crippen molar-refractivity contribution in [2.24, 2.45) is 0 Å². The quantitative estimate of drug-likeness (QED) is 0.0547. The van der Waals surface area contributed by atoms with Crippen LogP contribution in [0.2, 0.25) is 0 Å². The Morgan fingerprint density at radius 3 is 0.778 bits per heavy atom. The first kappa shape index (κ1) is 52.5. The third-order valence-corrected chi connectivity index (χ3v) is 7.86. The number of carbonyl (C=O) groups excluding carboxylic acids is 2. The Hall–Kier alpha value is -1.46. The van der Waals surface area contributed by atoms with Crippen LogP contribution in [-0.2, 0) is 66.4 Å². The van der Waals surface area contributed by atoms with Crippen molar-refractivity contribution in [3.05, 3.63) is 0 Å². The van der Waals surface area contributed by atoms with Gasteiger partial charge in [-0.2, -0.15) is 0 Å². The normalized spacial score (nSPS) is 11.4. The molecule has 0 bridgehead atoms. The standard InChI is InChI=1S/C40H78O14/c1-3-4-5-6-7-8-9-10-11-12-13-14-15-16-40(42)54-38-36-52-34-32-50-30-28-48-26-24-46-22-20-44-18-17-43-19-21-45-23-25-47-27-29-49-31-33-51-35-37-53-39(2)41/h3-38H2,1-2H3. The van der Waals surface area contributed by atoms with E-state index in [-0.39, 0.29) is 25.2 Å². The van der Waals surface area contributed by atoms with Gasteiger partial charge in [0, 0.05) is 13.3 Å². The highest BCUT2D eigenvalue weighted by atomic mass is 16.6. The van der Waals surface area contributed by atoms with Gasteiger partial charge in [-0.15, -0.1) is 0 Å². The lowest BCUT2D eigenvalue weighted by Crippen LogP contribution is -2.15. The molecule has 0 aliphatic carbocycles. The molecule has 0 unspecified atom stereocenters. The van der Waals surface area contributed by atoms with E-state index in [2.05, 4.69) is 6.92 Å². The van der Waals surface area contributed by atoms with Crippen LogP contribution in [0.1, 0.15) is 104 Å². The molecule has 0 amide bonds. The van der Waals surface area contributed by atoms with Crippen LogP contribution in [0, 0.1) is 0 Å². The van der Waals surface area contributed by atoms with Crippen LogP contribution in [0.5, 0.6) is 0 Å². The van der Waals surface area contributed by atoms with Crippen molar-refractivity contribution in [1.29, 1.82) is 0 Å². The average molecular weight is 783 g/mol. The maximum Gasteiger partial charge on any atom is 0.305 e. The van der Waals surface area contributed by atoms with Gasteiger partial charge in [0.15, 0.2) is 0 Å². The Morgan fingerprint density at radius 1 is 0.296 bits per heavy atom. The number of ether oxygens (including phenoxy) is 12. The predicted octanol–water partition coefficient (Wildman–Crippen LogP) is 5.74. The summed E-state index contributed by atoms with van der Waals surface area (Å²) in [5, 5.41) is 0. The minimum absolute atomic E-state index is 0.135. The molecule has 0 aliphatic heterocycles. The topological polar surface area (TPSA) is 145 Å². The van der Waals surface area contributed by atoms with E-state index in [0.29, 0.717) is 139 Å². The van der Waals surface area contributed by atoms with E-state index in [1.807, 2.05) is 0 Å². The third-order valence-electron chi connectivity index (χ3n) is 7.86. The van der Waals surface area contributed by atoms with Crippen LogP contribution < -0.4 is 0 Å². The number of rotatable bonds is 47. The zero-order valence-electron chi connectivity index (χ0n) is 34.2. The molecule has 54 heavy (non-hydrogen) atoms. The van der Waals surface area contributed by atoms with Crippen molar-refractivity contribution in [1.82, 2.24) is 0 Å². The van der Waals surface area contributed by atoms with Crippen LogP contribution in [0.3, 0.4) is 0 Å².